The number of anilines is 2. The Morgan fingerprint density at radius 2 is 1.67 bits per heavy atom. The number of sulfonamides is 1. The van der Waals surface area contributed by atoms with Crippen molar-refractivity contribution in [2.24, 2.45) is 0 Å². The molecule has 2 heterocycles. The maximum Gasteiger partial charge on any atom is 0.416 e. The van der Waals surface area contributed by atoms with Gasteiger partial charge in [0.1, 0.15) is 4.90 Å². The minimum Gasteiger partial charge on any atom is -0.368 e. The first kappa shape index (κ1) is 20.5. The minimum atomic E-state index is -4.63. The van der Waals surface area contributed by atoms with E-state index in [1.54, 1.807) is 0 Å². The monoisotopic (exact) mass is 440 g/mol. The van der Waals surface area contributed by atoms with E-state index in [1.165, 1.54) is 4.90 Å². The number of hydrogen-bond acceptors (Lipinski definition) is 5. The fourth-order valence-corrected chi connectivity index (χ4v) is 4.83. The number of carbonyl (C=O) groups excluding carboxylic acids is 1. The van der Waals surface area contributed by atoms with Crippen LogP contribution in [0.25, 0.3) is 0 Å². The molecule has 2 aromatic rings. The number of fused-ring (bicyclic) bond motifs is 1. The van der Waals surface area contributed by atoms with Gasteiger partial charge in [0.2, 0.25) is 10.0 Å². The minimum absolute atomic E-state index is 0.246. The molecular weight excluding hydrogens is 421 g/mol. The third-order valence-corrected chi connectivity index (χ3v) is 6.61. The van der Waals surface area contributed by atoms with Gasteiger partial charge in [0.15, 0.2) is 6.17 Å². The Morgan fingerprint density at radius 3 is 2.30 bits per heavy atom. The van der Waals surface area contributed by atoms with E-state index in [0.717, 1.165) is 11.8 Å². The van der Waals surface area contributed by atoms with Crippen molar-refractivity contribution in [1.82, 2.24) is 9.62 Å². The Labute approximate surface area is 171 Å². The molecule has 0 spiro atoms. The summed E-state index contributed by atoms with van der Waals surface area (Å²) >= 11 is 0. The largest absolute Gasteiger partial charge is 0.416 e. The molecule has 0 saturated carbocycles. The van der Waals surface area contributed by atoms with Crippen molar-refractivity contribution in [2.45, 2.75) is 17.2 Å². The molecule has 0 unspecified atom stereocenters. The highest BCUT2D eigenvalue weighted by molar-refractivity contribution is 7.89. The molecule has 2 aliphatic heterocycles. The summed E-state index contributed by atoms with van der Waals surface area (Å²) in [6.07, 6.45) is -5.99. The second kappa shape index (κ2) is 7.47. The highest BCUT2D eigenvalue weighted by Crippen LogP contribution is 2.35. The fraction of sp³-hybridized carbons (Fsp3) is 0.316. The zero-order chi connectivity index (χ0) is 21.5. The van der Waals surface area contributed by atoms with Gasteiger partial charge in [0, 0.05) is 31.9 Å². The maximum atomic E-state index is 13.0. The summed E-state index contributed by atoms with van der Waals surface area (Å²) < 4.78 is 66.1. The zero-order valence-corrected chi connectivity index (χ0v) is 16.5. The van der Waals surface area contributed by atoms with Crippen LogP contribution in [0.4, 0.5) is 24.5 Å². The van der Waals surface area contributed by atoms with Crippen molar-refractivity contribution < 1.29 is 26.4 Å². The number of nitrogens with zero attached hydrogens (tertiary/aromatic N) is 2. The van der Waals surface area contributed by atoms with Crippen molar-refractivity contribution in [1.29, 1.82) is 0 Å². The van der Waals surface area contributed by atoms with E-state index in [9.17, 15) is 26.4 Å². The molecule has 2 aliphatic rings. The van der Waals surface area contributed by atoms with Crippen LogP contribution in [0.15, 0.2) is 53.4 Å². The van der Waals surface area contributed by atoms with Crippen LogP contribution < -0.4 is 14.9 Å². The third-order valence-electron chi connectivity index (χ3n) is 5.13. The molecule has 1 amide bonds. The maximum absolute atomic E-state index is 13.0. The summed E-state index contributed by atoms with van der Waals surface area (Å²) in [5.74, 6) is -0.533. The molecule has 30 heavy (non-hydrogen) atoms. The lowest BCUT2D eigenvalue weighted by atomic mass is 10.2. The van der Waals surface area contributed by atoms with Gasteiger partial charge in [-0.05, 0) is 30.3 Å². The molecule has 11 heteroatoms. The van der Waals surface area contributed by atoms with E-state index >= 15 is 0 Å². The van der Waals surface area contributed by atoms with Crippen molar-refractivity contribution in [3.63, 3.8) is 0 Å². The molecule has 0 bridgehead atoms. The number of rotatable bonds is 2. The van der Waals surface area contributed by atoms with Crippen LogP contribution in [0.2, 0.25) is 0 Å². The van der Waals surface area contributed by atoms with Crippen LogP contribution in [-0.2, 0) is 21.0 Å². The Balaban J connectivity index is 1.50. The third kappa shape index (κ3) is 3.94. The van der Waals surface area contributed by atoms with E-state index in [0.29, 0.717) is 38.3 Å². The van der Waals surface area contributed by atoms with Crippen molar-refractivity contribution in [3.05, 3.63) is 54.1 Å². The SMILES string of the molecule is O=C([C@@H]1Nc2cc(C(F)(F)F)ccc2S(=O)(=O)N1)N1CCN(c2ccccc2)CC1. The fourth-order valence-electron chi connectivity index (χ4n) is 3.58. The smallest absolute Gasteiger partial charge is 0.368 e. The summed E-state index contributed by atoms with van der Waals surface area (Å²) in [7, 11) is -4.13. The molecule has 0 radical (unpaired) electrons. The van der Waals surface area contributed by atoms with Gasteiger partial charge in [0.05, 0.1) is 11.3 Å². The standard InChI is InChI=1S/C19H19F3N4O3S/c20-19(21,22)13-6-7-16-15(12-13)23-17(24-30(16,28)29)18(27)26-10-8-25(9-11-26)14-4-2-1-3-5-14/h1-7,12,17,23-24H,8-11H2/t17-/m1/s1. The Morgan fingerprint density at radius 1 is 1.00 bits per heavy atom. The first-order valence-electron chi connectivity index (χ1n) is 9.24. The average Bonchev–Trinajstić information content (AvgIpc) is 2.72. The van der Waals surface area contributed by atoms with Crippen LogP contribution >= 0.6 is 0 Å². The summed E-state index contributed by atoms with van der Waals surface area (Å²) in [6.45, 7) is 1.85. The molecule has 7 nitrogen and oxygen atoms in total. The number of halogens is 3. The second-order valence-corrected chi connectivity index (χ2v) is 8.74. The molecule has 4 rings (SSSR count). The van der Waals surface area contributed by atoms with Gasteiger partial charge in [-0.2, -0.15) is 17.9 Å². The molecule has 1 atom stereocenters. The summed E-state index contributed by atoms with van der Waals surface area (Å²) in [5.41, 5.74) is -0.215. The van der Waals surface area contributed by atoms with Gasteiger partial charge < -0.3 is 15.1 Å². The van der Waals surface area contributed by atoms with Crippen LogP contribution in [0.1, 0.15) is 5.56 Å². The average molecular weight is 440 g/mol. The topological polar surface area (TPSA) is 81.7 Å². The predicted octanol–water partition coefficient (Wildman–Crippen LogP) is 2.08. The summed E-state index contributed by atoms with van der Waals surface area (Å²) in [6, 6.07) is 12.0. The first-order chi connectivity index (χ1) is 14.1. The number of carbonyl (C=O) groups is 1. The predicted molar refractivity (Wildman–Crippen MR) is 104 cm³/mol. The number of amides is 1. The van der Waals surface area contributed by atoms with E-state index in [4.69, 9.17) is 0 Å². The quantitative estimate of drug-likeness (QED) is 0.748. The van der Waals surface area contributed by atoms with Crippen molar-refractivity contribution in [2.75, 3.05) is 36.4 Å². The molecule has 2 aromatic carbocycles. The van der Waals surface area contributed by atoms with Gasteiger partial charge in [-0.25, -0.2) is 8.42 Å². The van der Waals surface area contributed by atoms with E-state index < -0.39 is 33.8 Å². The van der Waals surface area contributed by atoms with Gasteiger partial charge in [0.25, 0.3) is 5.91 Å². The van der Waals surface area contributed by atoms with Crippen LogP contribution in [0.3, 0.4) is 0 Å². The van der Waals surface area contributed by atoms with Crippen LogP contribution in [0.5, 0.6) is 0 Å². The lowest BCUT2D eigenvalue weighted by Gasteiger charge is -2.38. The molecule has 0 aromatic heterocycles. The number of hydrogen-bond donors (Lipinski definition) is 2. The molecule has 2 N–H and O–H groups in total. The number of para-hydroxylation sites is 1. The van der Waals surface area contributed by atoms with Gasteiger partial charge >= 0.3 is 6.18 Å². The first-order valence-corrected chi connectivity index (χ1v) is 10.7. The van der Waals surface area contributed by atoms with E-state index in [-0.39, 0.29) is 10.6 Å². The number of piperazine rings is 1. The van der Waals surface area contributed by atoms with Crippen molar-refractivity contribution >= 4 is 27.3 Å². The van der Waals surface area contributed by atoms with Crippen LogP contribution in [0, 0.1) is 0 Å². The summed E-state index contributed by atoms with van der Waals surface area (Å²) in [4.78, 5) is 16.1. The highest BCUT2D eigenvalue weighted by Gasteiger charge is 2.38. The Bertz CT molecular complexity index is 1050. The summed E-state index contributed by atoms with van der Waals surface area (Å²) in [5, 5.41) is 2.61. The Hall–Kier alpha value is -2.79. The lowest BCUT2D eigenvalue weighted by molar-refractivity contribution is -0.137. The Kier molecular flexibility index (Phi) is 5.10. The van der Waals surface area contributed by atoms with Gasteiger partial charge in [-0.15, -0.1) is 0 Å². The van der Waals surface area contributed by atoms with E-state index in [2.05, 4.69) is 14.9 Å². The molecular formula is C19H19F3N4O3S. The number of benzene rings is 2. The zero-order valence-electron chi connectivity index (χ0n) is 15.7. The lowest BCUT2D eigenvalue weighted by Crippen LogP contribution is -2.58. The second-order valence-electron chi connectivity index (χ2n) is 7.06. The number of nitrogens with one attached hydrogen (secondary N) is 2. The van der Waals surface area contributed by atoms with Gasteiger partial charge in [-0.1, -0.05) is 18.2 Å². The molecule has 1 fully saturated rings. The molecule has 0 aliphatic carbocycles. The normalized spacial score (nSPS) is 21.0. The highest BCUT2D eigenvalue weighted by atomic mass is 32.2. The van der Waals surface area contributed by atoms with E-state index in [1.807, 2.05) is 30.3 Å². The number of alkyl halides is 3. The molecule has 1 saturated heterocycles. The van der Waals surface area contributed by atoms with Crippen molar-refractivity contribution in [3.8, 4) is 0 Å². The molecule has 160 valence electrons. The van der Waals surface area contributed by atoms with Gasteiger partial charge in [-0.3, -0.25) is 4.79 Å². The van der Waals surface area contributed by atoms with Crippen LogP contribution in [-0.4, -0.2) is 51.6 Å².